The van der Waals surface area contributed by atoms with E-state index in [9.17, 15) is 4.79 Å². The molecule has 39 heavy (non-hydrogen) atoms. The van der Waals surface area contributed by atoms with E-state index in [1.54, 1.807) is 4.90 Å². The Labute approximate surface area is 230 Å². The fourth-order valence-electron chi connectivity index (χ4n) is 4.90. The largest absolute Gasteiger partial charge is 0.444 e. The molecule has 3 aromatic carbocycles. The van der Waals surface area contributed by atoms with Crippen LogP contribution in [0.3, 0.4) is 0 Å². The van der Waals surface area contributed by atoms with Gasteiger partial charge in [-0.05, 0) is 85.9 Å². The number of aromatic nitrogens is 2. The van der Waals surface area contributed by atoms with E-state index in [1.807, 2.05) is 57.3 Å². The van der Waals surface area contributed by atoms with Crippen molar-refractivity contribution in [2.24, 2.45) is 0 Å². The molecule has 2 heterocycles. The Morgan fingerprint density at radius 2 is 1.77 bits per heavy atom. The molecule has 1 amide bonds. The van der Waals surface area contributed by atoms with Crippen LogP contribution in [0, 0.1) is 24.2 Å². The minimum Gasteiger partial charge on any atom is -0.444 e. The summed E-state index contributed by atoms with van der Waals surface area (Å²) in [4.78, 5) is 22.7. The molecule has 0 bridgehead atoms. The zero-order valence-corrected chi connectivity index (χ0v) is 22.5. The van der Waals surface area contributed by atoms with Crippen molar-refractivity contribution in [1.29, 1.82) is 0 Å². The maximum Gasteiger partial charge on any atom is 0.410 e. The van der Waals surface area contributed by atoms with Crippen molar-refractivity contribution in [1.82, 2.24) is 14.9 Å². The van der Waals surface area contributed by atoms with Gasteiger partial charge in [0, 0.05) is 17.7 Å². The molecule has 1 fully saturated rings. The summed E-state index contributed by atoms with van der Waals surface area (Å²) in [5.74, 6) is 9.06. The molecule has 1 aromatic heterocycles. The van der Waals surface area contributed by atoms with Crippen LogP contribution in [0.25, 0.3) is 33.5 Å². The van der Waals surface area contributed by atoms with Gasteiger partial charge in [-0.3, -0.25) is 4.90 Å². The van der Waals surface area contributed by atoms with Crippen LogP contribution in [0.15, 0.2) is 79.0 Å². The van der Waals surface area contributed by atoms with Gasteiger partial charge in [-0.15, -0.1) is 6.42 Å². The molecule has 0 saturated carbocycles. The summed E-state index contributed by atoms with van der Waals surface area (Å²) in [6.07, 6.45) is 8.71. The molecule has 1 atom stereocenters. The summed E-state index contributed by atoms with van der Waals surface area (Å²) >= 11 is 0. The lowest BCUT2D eigenvalue weighted by molar-refractivity contribution is 0.0218. The van der Waals surface area contributed by atoms with E-state index in [0.29, 0.717) is 6.54 Å². The van der Waals surface area contributed by atoms with Crippen molar-refractivity contribution in [3.8, 4) is 57.7 Å². The van der Waals surface area contributed by atoms with E-state index in [-0.39, 0.29) is 12.1 Å². The monoisotopic (exact) mass is 513 g/mol. The van der Waals surface area contributed by atoms with Crippen molar-refractivity contribution in [3.63, 3.8) is 0 Å². The van der Waals surface area contributed by atoms with E-state index in [0.717, 1.165) is 57.7 Å². The minimum atomic E-state index is -0.545. The molecule has 0 spiro atoms. The summed E-state index contributed by atoms with van der Waals surface area (Å²) in [7, 11) is 0. The van der Waals surface area contributed by atoms with Crippen LogP contribution in [0.2, 0.25) is 0 Å². The number of likely N-dealkylation sites (tertiary alicyclic amines) is 1. The number of rotatable bonds is 4. The van der Waals surface area contributed by atoms with Crippen LogP contribution >= 0.6 is 0 Å². The Bertz CT molecular complexity index is 1590. The van der Waals surface area contributed by atoms with Gasteiger partial charge in [0.05, 0.1) is 17.9 Å². The molecule has 5 rings (SSSR count). The maximum atomic E-state index is 12.8. The highest BCUT2D eigenvalue weighted by Crippen LogP contribution is 2.35. The van der Waals surface area contributed by atoms with Gasteiger partial charge in [-0.25, -0.2) is 9.78 Å². The third-order valence-corrected chi connectivity index (χ3v) is 6.67. The van der Waals surface area contributed by atoms with Crippen LogP contribution in [0.5, 0.6) is 0 Å². The standard InChI is InChI=1S/C34H31N3O2/c1-5-6-12-25-18-19-28(22-29(25)27-16-10-15-26(21-27)24-13-8-7-9-14-24)30-23-35-32(36-30)31-17-11-20-37(31)33(38)39-34(2,3)4/h1,7-10,13-16,18-19,21-23,31H,11,17,20H2,2-4H3,(H,35,36)/t31-/m0/s1. The van der Waals surface area contributed by atoms with Gasteiger partial charge in [0.2, 0.25) is 0 Å². The number of carbonyl (C=O) groups excluding carboxylic acids is 1. The first-order valence-electron chi connectivity index (χ1n) is 13.1. The summed E-state index contributed by atoms with van der Waals surface area (Å²) in [5.41, 5.74) is 6.47. The van der Waals surface area contributed by atoms with Crippen molar-refractivity contribution in [2.45, 2.75) is 45.3 Å². The van der Waals surface area contributed by atoms with E-state index < -0.39 is 5.60 Å². The van der Waals surface area contributed by atoms with E-state index in [2.05, 4.69) is 70.2 Å². The Morgan fingerprint density at radius 3 is 2.54 bits per heavy atom. The first-order valence-corrected chi connectivity index (χ1v) is 13.1. The Balaban J connectivity index is 1.49. The predicted molar refractivity (Wildman–Crippen MR) is 156 cm³/mol. The SMILES string of the molecule is C#CC#Cc1ccc(-c2cnc([C@@H]3CCCN3C(=O)OC(C)(C)C)[nH]2)cc1-c1cccc(-c2ccccc2)c1. The Morgan fingerprint density at radius 1 is 1.00 bits per heavy atom. The summed E-state index contributed by atoms with van der Waals surface area (Å²) in [6, 6.07) is 24.7. The highest BCUT2D eigenvalue weighted by atomic mass is 16.6. The lowest BCUT2D eigenvalue weighted by Crippen LogP contribution is -2.36. The van der Waals surface area contributed by atoms with Crippen LogP contribution in [-0.4, -0.2) is 33.1 Å². The van der Waals surface area contributed by atoms with Crippen LogP contribution < -0.4 is 0 Å². The minimum absolute atomic E-state index is 0.142. The van der Waals surface area contributed by atoms with Crippen molar-refractivity contribution < 1.29 is 9.53 Å². The van der Waals surface area contributed by atoms with E-state index in [4.69, 9.17) is 11.2 Å². The number of amides is 1. The summed E-state index contributed by atoms with van der Waals surface area (Å²) in [6.45, 7) is 6.29. The fourth-order valence-corrected chi connectivity index (χ4v) is 4.90. The van der Waals surface area contributed by atoms with Crippen molar-refractivity contribution in [3.05, 3.63) is 90.4 Å². The highest BCUT2D eigenvalue weighted by molar-refractivity contribution is 5.80. The van der Waals surface area contributed by atoms with Crippen LogP contribution in [0.4, 0.5) is 4.79 Å². The van der Waals surface area contributed by atoms with Gasteiger partial charge in [0.15, 0.2) is 0 Å². The van der Waals surface area contributed by atoms with Crippen molar-refractivity contribution in [2.75, 3.05) is 6.54 Å². The van der Waals surface area contributed by atoms with Gasteiger partial charge >= 0.3 is 6.09 Å². The van der Waals surface area contributed by atoms with E-state index >= 15 is 0 Å². The van der Waals surface area contributed by atoms with Crippen molar-refractivity contribution >= 4 is 6.09 Å². The summed E-state index contributed by atoms with van der Waals surface area (Å²) in [5, 5.41) is 0. The Kier molecular flexibility index (Phi) is 7.26. The zero-order valence-electron chi connectivity index (χ0n) is 22.5. The smallest absolute Gasteiger partial charge is 0.410 e. The number of nitrogens with zero attached hydrogens (tertiary/aromatic N) is 2. The number of ether oxygens (including phenoxy) is 1. The first kappa shape index (κ1) is 25.9. The number of terminal acetylenes is 1. The normalized spacial score (nSPS) is 14.8. The number of hydrogen-bond donors (Lipinski definition) is 1. The average Bonchev–Trinajstić information content (AvgIpc) is 3.62. The van der Waals surface area contributed by atoms with Gasteiger partial charge in [-0.2, -0.15) is 0 Å². The average molecular weight is 514 g/mol. The number of benzene rings is 3. The molecule has 1 N–H and O–H groups in total. The molecule has 0 radical (unpaired) electrons. The van der Waals surface area contributed by atoms with Gasteiger partial charge < -0.3 is 9.72 Å². The second kappa shape index (κ2) is 10.9. The molecule has 4 aromatic rings. The molecule has 1 aliphatic heterocycles. The molecule has 0 aliphatic carbocycles. The molecule has 5 nitrogen and oxygen atoms in total. The van der Waals surface area contributed by atoms with Gasteiger partial charge in [0.25, 0.3) is 0 Å². The fraction of sp³-hybridized carbons (Fsp3) is 0.235. The third-order valence-electron chi connectivity index (χ3n) is 6.67. The number of nitrogens with one attached hydrogen (secondary N) is 1. The van der Waals surface area contributed by atoms with Gasteiger partial charge in [0.1, 0.15) is 11.4 Å². The molecular formula is C34H31N3O2. The molecular weight excluding hydrogens is 482 g/mol. The number of hydrogen-bond acceptors (Lipinski definition) is 3. The van der Waals surface area contributed by atoms with Crippen LogP contribution in [-0.2, 0) is 4.74 Å². The number of H-pyrrole nitrogens is 1. The highest BCUT2D eigenvalue weighted by Gasteiger charge is 2.34. The molecule has 5 heteroatoms. The lowest BCUT2D eigenvalue weighted by Gasteiger charge is -2.27. The quantitative estimate of drug-likeness (QED) is 0.288. The second-order valence-corrected chi connectivity index (χ2v) is 10.6. The first-order chi connectivity index (χ1) is 18.8. The van der Waals surface area contributed by atoms with Crippen LogP contribution in [0.1, 0.15) is 51.0 Å². The zero-order chi connectivity index (χ0) is 27.4. The van der Waals surface area contributed by atoms with E-state index in [1.165, 1.54) is 0 Å². The third kappa shape index (κ3) is 5.89. The molecule has 1 aliphatic rings. The maximum absolute atomic E-state index is 12.8. The number of aromatic amines is 1. The lowest BCUT2D eigenvalue weighted by atomic mass is 9.94. The second-order valence-electron chi connectivity index (χ2n) is 10.6. The summed E-state index contributed by atoms with van der Waals surface area (Å²) < 4.78 is 5.63. The Hall–Kier alpha value is -4.74. The number of carbonyl (C=O) groups is 1. The van der Waals surface area contributed by atoms with Gasteiger partial charge in [-0.1, -0.05) is 60.5 Å². The molecule has 1 saturated heterocycles. The number of imidazole rings is 1. The topological polar surface area (TPSA) is 58.2 Å². The predicted octanol–water partition coefficient (Wildman–Crippen LogP) is 7.47. The molecule has 0 unspecified atom stereocenters. The molecule has 194 valence electrons.